The minimum Gasteiger partial charge on any atom is -0.507 e. The van der Waals surface area contributed by atoms with Gasteiger partial charge in [0.2, 0.25) is 0 Å². The van der Waals surface area contributed by atoms with Crippen LogP contribution in [0, 0.1) is 6.92 Å². The first-order chi connectivity index (χ1) is 21.0. The molecule has 2 aliphatic heterocycles. The standard InChI is InChI=1S/C34H26N2O6S/c1-20-10-12-25-28(16-20)43-34(35-25)36-30(22-8-5-9-24(17-22)42-19-21-6-3-2-4-7-21)29(32(38)33(36)39)31(37)23-11-13-26-27(18-23)41-15-14-40-26/h2-13,16-18,30,37H,14-15,19H2,1H3/b31-29+/t30-/m0/s1. The Bertz CT molecular complexity index is 1920. The number of benzene rings is 4. The summed E-state index contributed by atoms with van der Waals surface area (Å²) in [5.41, 5.74) is 3.67. The highest BCUT2D eigenvalue weighted by atomic mass is 32.1. The fourth-order valence-corrected chi connectivity index (χ4v) is 6.42. The van der Waals surface area contributed by atoms with Gasteiger partial charge >= 0.3 is 5.91 Å². The van der Waals surface area contributed by atoms with Gasteiger partial charge in [-0.2, -0.15) is 0 Å². The third-order valence-electron chi connectivity index (χ3n) is 7.42. The Morgan fingerprint density at radius 2 is 1.77 bits per heavy atom. The molecule has 1 N–H and O–H groups in total. The van der Waals surface area contributed by atoms with E-state index >= 15 is 0 Å². The molecule has 214 valence electrons. The Hall–Kier alpha value is -5.15. The number of fused-ring (bicyclic) bond motifs is 2. The first-order valence-electron chi connectivity index (χ1n) is 13.8. The predicted molar refractivity (Wildman–Crippen MR) is 164 cm³/mol. The number of aryl methyl sites for hydroxylation is 1. The zero-order chi connectivity index (χ0) is 29.5. The van der Waals surface area contributed by atoms with Crippen molar-refractivity contribution in [3.63, 3.8) is 0 Å². The van der Waals surface area contributed by atoms with Crippen LogP contribution in [-0.4, -0.2) is 35.0 Å². The van der Waals surface area contributed by atoms with E-state index in [2.05, 4.69) is 0 Å². The van der Waals surface area contributed by atoms with Crippen LogP contribution in [0.4, 0.5) is 5.13 Å². The van der Waals surface area contributed by atoms with Gasteiger partial charge in [-0.3, -0.25) is 14.5 Å². The highest BCUT2D eigenvalue weighted by molar-refractivity contribution is 7.22. The number of ketones is 1. The van der Waals surface area contributed by atoms with Crippen molar-refractivity contribution in [2.24, 2.45) is 0 Å². The van der Waals surface area contributed by atoms with E-state index in [9.17, 15) is 14.7 Å². The molecule has 2 aliphatic rings. The van der Waals surface area contributed by atoms with Crippen LogP contribution in [0.2, 0.25) is 0 Å². The van der Waals surface area contributed by atoms with Crippen molar-refractivity contribution in [3.8, 4) is 17.2 Å². The summed E-state index contributed by atoms with van der Waals surface area (Å²) in [5, 5.41) is 12.0. The minimum absolute atomic E-state index is 0.0441. The van der Waals surface area contributed by atoms with Crippen molar-refractivity contribution in [2.75, 3.05) is 18.1 Å². The van der Waals surface area contributed by atoms with Gasteiger partial charge in [0.1, 0.15) is 31.3 Å². The van der Waals surface area contributed by atoms with E-state index in [0.29, 0.717) is 53.3 Å². The third kappa shape index (κ3) is 4.97. The number of amides is 1. The van der Waals surface area contributed by atoms with Crippen molar-refractivity contribution >= 4 is 44.1 Å². The van der Waals surface area contributed by atoms with Crippen LogP contribution in [0.25, 0.3) is 16.0 Å². The number of aliphatic hydroxyl groups is 1. The largest absolute Gasteiger partial charge is 0.507 e. The molecule has 43 heavy (non-hydrogen) atoms. The molecule has 3 heterocycles. The molecule has 0 saturated carbocycles. The maximum Gasteiger partial charge on any atom is 0.301 e. The van der Waals surface area contributed by atoms with Crippen LogP contribution >= 0.6 is 11.3 Å². The molecular weight excluding hydrogens is 564 g/mol. The zero-order valence-electron chi connectivity index (χ0n) is 23.2. The van der Waals surface area contributed by atoms with E-state index in [1.165, 1.54) is 16.2 Å². The Kier molecular flexibility index (Phi) is 6.79. The summed E-state index contributed by atoms with van der Waals surface area (Å²) < 4.78 is 18.3. The number of nitrogens with zero attached hydrogens (tertiary/aromatic N) is 2. The number of aliphatic hydroxyl groups excluding tert-OH is 1. The lowest BCUT2D eigenvalue weighted by atomic mass is 9.95. The molecule has 1 amide bonds. The number of hydrogen-bond acceptors (Lipinski definition) is 8. The molecule has 1 fully saturated rings. The minimum atomic E-state index is -0.949. The first-order valence-corrected chi connectivity index (χ1v) is 14.6. The lowest BCUT2D eigenvalue weighted by molar-refractivity contribution is -0.132. The number of rotatable bonds is 6. The summed E-state index contributed by atoms with van der Waals surface area (Å²) in [6, 6.07) is 26.8. The second kappa shape index (κ2) is 10.9. The van der Waals surface area contributed by atoms with Crippen LogP contribution in [-0.2, 0) is 16.2 Å². The van der Waals surface area contributed by atoms with E-state index in [4.69, 9.17) is 19.2 Å². The SMILES string of the molecule is Cc1ccc2nc(N3C(=O)C(=O)/C(=C(/O)c4ccc5c(c4)OCCO5)[C@@H]3c3cccc(OCc4ccccc4)c3)sc2c1. The maximum atomic E-state index is 13.7. The molecule has 7 rings (SSSR count). The van der Waals surface area contributed by atoms with E-state index in [-0.39, 0.29) is 11.3 Å². The number of hydrogen-bond donors (Lipinski definition) is 1. The molecule has 0 aliphatic carbocycles. The smallest absolute Gasteiger partial charge is 0.301 e. The fourth-order valence-electron chi connectivity index (χ4n) is 5.33. The van der Waals surface area contributed by atoms with Gasteiger partial charge in [-0.1, -0.05) is 59.9 Å². The van der Waals surface area contributed by atoms with Gasteiger partial charge in [-0.05, 0) is 66.1 Å². The number of anilines is 1. The summed E-state index contributed by atoms with van der Waals surface area (Å²) in [6.07, 6.45) is 0. The van der Waals surface area contributed by atoms with Crippen molar-refractivity contribution in [3.05, 3.63) is 119 Å². The fraction of sp³-hybridized carbons (Fsp3) is 0.147. The van der Waals surface area contributed by atoms with Crippen LogP contribution in [0.1, 0.15) is 28.3 Å². The van der Waals surface area contributed by atoms with Crippen LogP contribution in [0.5, 0.6) is 17.2 Å². The van der Waals surface area contributed by atoms with Gasteiger partial charge in [0.05, 0.1) is 21.8 Å². The number of aromatic nitrogens is 1. The molecule has 9 heteroatoms. The lowest BCUT2D eigenvalue weighted by Crippen LogP contribution is -2.29. The summed E-state index contributed by atoms with van der Waals surface area (Å²) in [4.78, 5) is 33.5. The molecule has 1 atom stereocenters. The predicted octanol–water partition coefficient (Wildman–Crippen LogP) is 6.58. The first kappa shape index (κ1) is 26.7. The van der Waals surface area contributed by atoms with Crippen molar-refractivity contribution in [1.82, 2.24) is 4.98 Å². The molecule has 0 spiro atoms. The molecule has 1 aromatic heterocycles. The highest BCUT2D eigenvalue weighted by Gasteiger charge is 2.48. The average molecular weight is 591 g/mol. The van der Waals surface area contributed by atoms with Gasteiger partial charge in [-0.15, -0.1) is 0 Å². The molecule has 0 unspecified atom stereocenters. The molecule has 8 nitrogen and oxygen atoms in total. The normalized spacial score (nSPS) is 17.4. The lowest BCUT2D eigenvalue weighted by Gasteiger charge is -2.24. The van der Waals surface area contributed by atoms with E-state index < -0.39 is 17.7 Å². The molecule has 1 saturated heterocycles. The number of carbonyl (C=O) groups is 2. The summed E-state index contributed by atoms with van der Waals surface area (Å²) in [6.45, 7) is 3.13. The van der Waals surface area contributed by atoms with Crippen LogP contribution < -0.4 is 19.1 Å². The molecule has 5 aromatic rings. The van der Waals surface area contributed by atoms with Crippen LogP contribution in [0.3, 0.4) is 0 Å². The van der Waals surface area contributed by atoms with Gasteiger partial charge < -0.3 is 19.3 Å². The number of ether oxygens (including phenoxy) is 3. The van der Waals surface area contributed by atoms with Crippen molar-refractivity contribution < 1.29 is 28.9 Å². The quantitative estimate of drug-likeness (QED) is 0.136. The third-order valence-corrected chi connectivity index (χ3v) is 8.44. The van der Waals surface area contributed by atoms with Gasteiger partial charge in [0, 0.05) is 5.56 Å². The second-order valence-corrected chi connectivity index (χ2v) is 11.4. The topological polar surface area (TPSA) is 98.2 Å². The molecule has 4 aromatic carbocycles. The number of Topliss-reactive ketones (excluding diaryl/α,β-unsaturated/α-hetero) is 1. The van der Waals surface area contributed by atoms with E-state index in [1.807, 2.05) is 73.7 Å². The monoisotopic (exact) mass is 590 g/mol. The van der Waals surface area contributed by atoms with E-state index in [0.717, 1.165) is 21.3 Å². The van der Waals surface area contributed by atoms with Crippen molar-refractivity contribution in [1.29, 1.82) is 0 Å². The molecular formula is C34H26N2O6S. The van der Waals surface area contributed by atoms with Crippen LogP contribution in [0.15, 0.2) is 96.6 Å². The second-order valence-electron chi connectivity index (χ2n) is 10.3. The summed E-state index contributed by atoms with van der Waals surface area (Å²) >= 11 is 1.32. The Balaban J connectivity index is 1.35. The molecule has 0 bridgehead atoms. The van der Waals surface area contributed by atoms with E-state index in [1.54, 1.807) is 24.3 Å². The zero-order valence-corrected chi connectivity index (χ0v) is 24.0. The van der Waals surface area contributed by atoms with Gasteiger partial charge in [-0.25, -0.2) is 4.98 Å². The number of thiazole rings is 1. The summed E-state index contributed by atoms with van der Waals surface area (Å²) in [7, 11) is 0. The highest BCUT2D eigenvalue weighted by Crippen LogP contribution is 2.45. The maximum absolute atomic E-state index is 13.7. The van der Waals surface area contributed by atoms with Crippen molar-refractivity contribution in [2.45, 2.75) is 19.6 Å². The van der Waals surface area contributed by atoms with Gasteiger partial charge in [0.15, 0.2) is 16.6 Å². The Labute approximate surface area is 251 Å². The number of carbonyl (C=O) groups excluding carboxylic acids is 2. The summed E-state index contributed by atoms with van der Waals surface area (Å²) in [5.74, 6) is -0.313. The van der Waals surface area contributed by atoms with Gasteiger partial charge in [0.25, 0.3) is 5.78 Å². The molecule has 0 radical (unpaired) electrons. The average Bonchev–Trinajstić information content (AvgIpc) is 3.57. The Morgan fingerprint density at radius 3 is 2.60 bits per heavy atom. The Morgan fingerprint density at radius 1 is 0.953 bits per heavy atom.